The number of hydrogen-bond donors (Lipinski definition) is 4. The molecule has 0 spiro atoms. The molecular weight excluding hydrogens is 916 g/mol. The van der Waals surface area contributed by atoms with Crippen molar-refractivity contribution in [2.45, 2.75) is 84.9 Å². The van der Waals surface area contributed by atoms with Gasteiger partial charge in [0.05, 0.1) is 22.7 Å². The van der Waals surface area contributed by atoms with Crippen LogP contribution >= 0.6 is 0 Å². The zero-order valence-corrected chi connectivity index (χ0v) is 42.1. The molecule has 0 fully saturated rings. The van der Waals surface area contributed by atoms with Crippen molar-refractivity contribution in [2.75, 3.05) is 44.2 Å². The number of alkyl halides is 3. The van der Waals surface area contributed by atoms with Gasteiger partial charge in [0.2, 0.25) is 5.88 Å². The average Bonchev–Trinajstić information content (AvgIpc) is 3.78. The largest absolute Gasteiger partial charge is 0.573 e. The van der Waals surface area contributed by atoms with E-state index in [4.69, 9.17) is 4.74 Å². The van der Waals surface area contributed by atoms with Crippen LogP contribution in [0, 0.1) is 0 Å². The summed E-state index contributed by atoms with van der Waals surface area (Å²) in [6.45, 7) is 20.8. The highest BCUT2D eigenvalue weighted by atomic mass is 19.4. The number of aromatic nitrogens is 1. The lowest BCUT2D eigenvalue weighted by Gasteiger charge is -2.25. The quantitative estimate of drug-likeness (QED) is 0.114. The van der Waals surface area contributed by atoms with E-state index in [0.29, 0.717) is 28.7 Å². The number of carbonyl (C=O) groups is 2. The second kappa shape index (κ2) is 21.6. The van der Waals surface area contributed by atoms with Crippen molar-refractivity contribution in [3.8, 4) is 17.4 Å². The molecule has 3 heterocycles. The molecule has 4 N–H and O–H groups in total. The molecule has 0 radical (unpaired) electrons. The number of halogens is 3. The maximum absolute atomic E-state index is 13.2. The number of pyridine rings is 1. The van der Waals surface area contributed by atoms with Gasteiger partial charge in [-0.15, -0.1) is 13.2 Å². The lowest BCUT2D eigenvalue weighted by atomic mass is 9.86. The number of carbonyl (C=O) groups excluding carboxylic acids is 2. The van der Waals surface area contributed by atoms with Crippen molar-refractivity contribution in [3.05, 3.63) is 181 Å². The Hall–Kier alpha value is -8.00. The summed E-state index contributed by atoms with van der Waals surface area (Å²) in [4.78, 5) is 34.7. The van der Waals surface area contributed by atoms with E-state index in [2.05, 4.69) is 126 Å². The van der Waals surface area contributed by atoms with Gasteiger partial charge in [0, 0.05) is 52.7 Å². The van der Waals surface area contributed by atoms with Crippen LogP contribution in [-0.2, 0) is 16.2 Å². The fourth-order valence-corrected chi connectivity index (χ4v) is 8.90. The standard InChI is InChI=1S/C32H34N4O2.C24H22F3N3O2.C2H6/c1-31(2,3)23-14-7-11-19-28(23)38-29-25(16-12-20-33-29)35-30(37)34-24-15-8-10-18-27(24)36-21-32(4,5)22-13-6-9-17-26(22)36;1-23(2)15-30(20-9-5-3-7-18(20)23)21-10-6-4-8-19(21)29-22(31)28-16-11-13-17(14-12-16)32-24(25,26)27;1-2/h6-20H,21H2,1-5H3,(H2,34,35,37);3-14H,15H2,1-2H3,(H2,28,29,31);1-2H3. The number of ether oxygens (including phenoxy) is 2. The van der Waals surface area contributed by atoms with E-state index in [-0.39, 0.29) is 28.0 Å². The molecule has 9 rings (SSSR count). The summed E-state index contributed by atoms with van der Waals surface area (Å²) in [5.74, 6) is 0.690. The maximum Gasteiger partial charge on any atom is 0.573 e. The van der Waals surface area contributed by atoms with Crippen LogP contribution in [-0.4, -0.2) is 36.5 Å². The van der Waals surface area contributed by atoms with Crippen LogP contribution in [0.5, 0.6) is 17.4 Å². The molecule has 14 heteroatoms. The summed E-state index contributed by atoms with van der Waals surface area (Å²) in [7, 11) is 0. The van der Waals surface area contributed by atoms with Gasteiger partial charge in [-0.2, -0.15) is 0 Å². The summed E-state index contributed by atoms with van der Waals surface area (Å²) in [6.07, 6.45) is -3.11. The van der Waals surface area contributed by atoms with E-state index in [0.717, 1.165) is 59.2 Å². The monoisotopic (exact) mass is 977 g/mol. The molecule has 11 nitrogen and oxygen atoms in total. The third-order valence-corrected chi connectivity index (χ3v) is 12.1. The van der Waals surface area contributed by atoms with Crippen LogP contribution in [0.3, 0.4) is 0 Å². The molecule has 0 saturated carbocycles. The molecular formula is C58H62F3N7O4. The lowest BCUT2D eigenvalue weighted by molar-refractivity contribution is -0.274. The number of nitrogens with one attached hydrogen (secondary N) is 4. The van der Waals surface area contributed by atoms with Gasteiger partial charge >= 0.3 is 18.4 Å². The highest BCUT2D eigenvalue weighted by molar-refractivity contribution is 6.04. The number of anilines is 8. The Morgan fingerprint density at radius 2 is 0.972 bits per heavy atom. The fourth-order valence-electron chi connectivity index (χ4n) is 8.90. The Morgan fingerprint density at radius 1 is 0.542 bits per heavy atom. The molecule has 0 aliphatic carbocycles. The molecule has 2 aliphatic heterocycles. The second-order valence-corrected chi connectivity index (χ2v) is 19.4. The third-order valence-electron chi connectivity index (χ3n) is 12.1. The first-order chi connectivity index (χ1) is 34.3. The van der Waals surface area contributed by atoms with Gasteiger partial charge in [0.15, 0.2) is 0 Å². The van der Waals surface area contributed by atoms with Crippen molar-refractivity contribution in [3.63, 3.8) is 0 Å². The van der Waals surface area contributed by atoms with E-state index >= 15 is 0 Å². The smallest absolute Gasteiger partial charge is 0.437 e. The minimum atomic E-state index is -4.77. The van der Waals surface area contributed by atoms with E-state index in [9.17, 15) is 22.8 Å². The lowest BCUT2D eigenvalue weighted by Crippen LogP contribution is -2.26. The second-order valence-electron chi connectivity index (χ2n) is 19.4. The highest BCUT2D eigenvalue weighted by Gasteiger charge is 2.38. The van der Waals surface area contributed by atoms with Gasteiger partial charge in [-0.25, -0.2) is 14.6 Å². The summed E-state index contributed by atoms with van der Waals surface area (Å²) in [5, 5.41) is 11.5. The number of rotatable bonds is 9. The number of urea groups is 2. The number of nitrogens with zero attached hydrogens (tertiary/aromatic N) is 3. The molecule has 6 aromatic carbocycles. The molecule has 0 bridgehead atoms. The van der Waals surface area contributed by atoms with Gasteiger partial charge in [0.25, 0.3) is 0 Å². The predicted molar refractivity (Wildman–Crippen MR) is 285 cm³/mol. The number of benzene rings is 6. The third kappa shape index (κ3) is 12.3. The summed E-state index contributed by atoms with van der Waals surface area (Å²) in [6, 6.07) is 47.5. The van der Waals surface area contributed by atoms with Crippen molar-refractivity contribution in [1.82, 2.24) is 4.98 Å². The molecule has 1 aromatic heterocycles. The minimum absolute atomic E-state index is 0.00272. The number of para-hydroxylation sites is 7. The van der Waals surface area contributed by atoms with Gasteiger partial charge in [-0.3, -0.25) is 0 Å². The molecule has 0 atom stereocenters. The minimum Gasteiger partial charge on any atom is -0.437 e. The first-order valence-electron chi connectivity index (χ1n) is 23.9. The van der Waals surface area contributed by atoms with Crippen LogP contribution in [0.1, 0.15) is 79.0 Å². The molecule has 0 saturated heterocycles. The van der Waals surface area contributed by atoms with Crippen LogP contribution in [0.4, 0.5) is 68.3 Å². The SMILES string of the molecule is CC.CC(C)(C)c1ccccc1Oc1ncccc1NC(=O)Nc1ccccc1N1CC(C)(C)c2ccccc21.CC1(C)CN(c2ccccc2NC(=O)Nc2ccc(OC(F)(F)F)cc2)c2ccccc21. The van der Waals surface area contributed by atoms with Crippen LogP contribution < -0.4 is 40.5 Å². The van der Waals surface area contributed by atoms with E-state index in [1.165, 1.54) is 23.3 Å². The predicted octanol–water partition coefficient (Wildman–Crippen LogP) is 15.9. The number of amides is 4. The van der Waals surface area contributed by atoms with Crippen LogP contribution in [0.15, 0.2) is 164 Å². The zero-order chi connectivity index (χ0) is 51.8. The van der Waals surface area contributed by atoms with E-state index in [1.54, 1.807) is 18.3 Å². The Morgan fingerprint density at radius 3 is 1.49 bits per heavy atom. The van der Waals surface area contributed by atoms with Crippen molar-refractivity contribution in [1.29, 1.82) is 0 Å². The van der Waals surface area contributed by atoms with E-state index < -0.39 is 12.4 Å². The van der Waals surface area contributed by atoms with Crippen molar-refractivity contribution >= 4 is 57.6 Å². The number of hydrogen-bond acceptors (Lipinski definition) is 7. The Balaban J connectivity index is 0.000000207. The summed E-state index contributed by atoms with van der Waals surface area (Å²) >= 11 is 0. The molecule has 72 heavy (non-hydrogen) atoms. The van der Waals surface area contributed by atoms with Gasteiger partial charge in [-0.1, -0.05) is 141 Å². The Bertz CT molecular complexity index is 3010. The first-order valence-corrected chi connectivity index (χ1v) is 23.9. The van der Waals surface area contributed by atoms with Gasteiger partial charge in [-0.05, 0) is 95.4 Å². The van der Waals surface area contributed by atoms with Crippen molar-refractivity contribution in [2.24, 2.45) is 0 Å². The van der Waals surface area contributed by atoms with Crippen molar-refractivity contribution < 1.29 is 32.2 Å². The molecule has 374 valence electrons. The Labute approximate surface area is 420 Å². The summed E-state index contributed by atoms with van der Waals surface area (Å²) in [5.41, 5.74) is 9.65. The fraction of sp³-hybridized carbons (Fsp3) is 0.259. The van der Waals surface area contributed by atoms with E-state index in [1.807, 2.05) is 98.8 Å². The Kier molecular flexibility index (Phi) is 15.5. The van der Waals surface area contributed by atoms with Crippen LogP contribution in [0.25, 0.3) is 0 Å². The summed E-state index contributed by atoms with van der Waals surface area (Å²) < 4.78 is 46.9. The first kappa shape index (κ1) is 51.8. The van der Waals surface area contributed by atoms with Crippen LogP contribution in [0.2, 0.25) is 0 Å². The molecule has 7 aromatic rings. The average molecular weight is 978 g/mol. The van der Waals surface area contributed by atoms with Gasteiger partial charge in [0.1, 0.15) is 17.2 Å². The molecule has 0 unspecified atom stereocenters. The maximum atomic E-state index is 13.2. The number of fused-ring (bicyclic) bond motifs is 2. The molecule has 2 aliphatic rings. The molecule has 4 amide bonds. The zero-order valence-electron chi connectivity index (χ0n) is 42.1. The topological polar surface area (TPSA) is 120 Å². The highest BCUT2D eigenvalue weighted by Crippen LogP contribution is 2.47. The normalized spacial score (nSPS) is 14.0. The van der Waals surface area contributed by atoms with Gasteiger partial charge < -0.3 is 40.5 Å².